The molecular weight excluding hydrogens is 220 g/mol. The molecular formula is C11H14N4S. The van der Waals surface area contributed by atoms with E-state index in [0.717, 1.165) is 17.5 Å². The normalized spacial score (nSPS) is 15.3. The Labute approximate surface area is 98.4 Å². The average molecular weight is 234 g/mol. The van der Waals surface area contributed by atoms with Crippen molar-refractivity contribution in [2.24, 2.45) is 0 Å². The zero-order valence-electron chi connectivity index (χ0n) is 9.18. The van der Waals surface area contributed by atoms with Gasteiger partial charge in [-0.25, -0.2) is 9.97 Å². The quantitative estimate of drug-likeness (QED) is 0.882. The third kappa shape index (κ3) is 2.09. The van der Waals surface area contributed by atoms with Crippen molar-refractivity contribution in [3.05, 3.63) is 28.5 Å². The zero-order valence-corrected chi connectivity index (χ0v) is 10.00. The molecule has 1 aliphatic carbocycles. The Balaban J connectivity index is 1.75. The van der Waals surface area contributed by atoms with Crippen molar-refractivity contribution in [3.8, 4) is 0 Å². The third-order valence-electron chi connectivity index (χ3n) is 2.62. The average Bonchev–Trinajstić information content (AvgIpc) is 2.82. The van der Waals surface area contributed by atoms with Gasteiger partial charge in [0.15, 0.2) is 0 Å². The second kappa shape index (κ2) is 3.90. The van der Waals surface area contributed by atoms with Gasteiger partial charge in [-0.05, 0) is 19.8 Å². The Bertz CT molecular complexity index is 484. The van der Waals surface area contributed by atoms with Crippen LogP contribution >= 0.6 is 11.3 Å². The summed E-state index contributed by atoms with van der Waals surface area (Å²) in [6.07, 6.45) is 8.35. The smallest absolute Gasteiger partial charge is 0.203 e. The molecule has 0 aromatic carbocycles. The standard InChI is InChI=1S/C11H14N4S/c1-8-13-6-10(16-8)7-15-5-4-12-11(15)14-9-2-3-9/h4-6,9H,2-3,7H2,1H3,(H,12,14). The highest BCUT2D eigenvalue weighted by Crippen LogP contribution is 2.24. The van der Waals surface area contributed by atoms with Gasteiger partial charge in [0.05, 0.1) is 11.6 Å². The van der Waals surface area contributed by atoms with Gasteiger partial charge < -0.3 is 9.88 Å². The van der Waals surface area contributed by atoms with Gasteiger partial charge in [-0.15, -0.1) is 11.3 Å². The van der Waals surface area contributed by atoms with E-state index in [2.05, 4.69) is 19.9 Å². The molecule has 4 nitrogen and oxygen atoms in total. The number of thiazole rings is 1. The van der Waals surface area contributed by atoms with Crippen molar-refractivity contribution in [3.63, 3.8) is 0 Å². The zero-order chi connectivity index (χ0) is 11.0. The Hall–Kier alpha value is -1.36. The number of nitrogens with one attached hydrogen (secondary N) is 1. The molecule has 0 spiro atoms. The predicted molar refractivity (Wildman–Crippen MR) is 64.8 cm³/mol. The number of imidazole rings is 1. The topological polar surface area (TPSA) is 42.7 Å². The minimum absolute atomic E-state index is 0.643. The van der Waals surface area contributed by atoms with Crippen LogP contribution in [-0.2, 0) is 6.54 Å². The van der Waals surface area contributed by atoms with Gasteiger partial charge in [0.2, 0.25) is 5.95 Å². The molecule has 2 aromatic heterocycles. The molecule has 84 valence electrons. The Kier molecular flexibility index (Phi) is 2.40. The summed E-state index contributed by atoms with van der Waals surface area (Å²) < 4.78 is 2.14. The first kappa shape index (κ1) is 9.84. The highest BCUT2D eigenvalue weighted by atomic mass is 32.1. The van der Waals surface area contributed by atoms with Crippen LogP contribution in [0.5, 0.6) is 0 Å². The maximum absolute atomic E-state index is 4.34. The molecule has 0 amide bonds. The molecule has 0 bridgehead atoms. The first-order chi connectivity index (χ1) is 7.81. The number of rotatable bonds is 4. The second-order valence-electron chi connectivity index (χ2n) is 4.14. The van der Waals surface area contributed by atoms with Crippen LogP contribution in [0.25, 0.3) is 0 Å². The van der Waals surface area contributed by atoms with Gasteiger partial charge in [-0.1, -0.05) is 0 Å². The Morgan fingerprint density at radius 2 is 2.38 bits per heavy atom. The number of aromatic nitrogens is 3. The molecule has 1 fully saturated rings. The van der Waals surface area contributed by atoms with Crippen molar-refractivity contribution in [1.82, 2.24) is 14.5 Å². The summed E-state index contributed by atoms with van der Waals surface area (Å²) in [6.45, 7) is 2.89. The van der Waals surface area contributed by atoms with Gasteiger partial charge in [-0.2, -0.15) is 0 Å². The lowest BCUT2D eigenvalue weighted by atomic mass is 10.5. The van der Waals surface area contributed by atoms with Crippen LogP contribution in [0.1, 0.15) is 22.7 Å². The van der Waals surface area contributed by atoms with Crippen molar-refractivity contribution in [2.45, 2.75) is 32.4 Å². The minimum Gasteiger partial charge on any atom is -0.353 e. The van der Waals surface area contributed by atoms with E-state index in [1.54, 1.807) is 11.3 Å². The SMILES string of the molecule is Cc1ncc(Cn2ccnc2NC2CC2)s1. The maximum Gasteiger partial charge on any atom is 0.203 e. The lowest BCUT2D eigenvalue weighted by Gasteiger charge is -2.07. The molecule has 0 unspecified atom stereocenters. The first-order valence-electron chi connectivity index (χ1n) is 5.50. The fraction of sp³-hybridized carbons (Fsp3) is 0.455. The van der Waals surface area contributed by atoms with Crippen LogP contribution in [0.3, 0.4) is 0 Å². The van der Waals surface area contributed by atoms with Crippen LogP contribution in [0.15, 0.2) is 18.6 Å². The van der Waals surface area contributed by atoms with Gasteiger partial charge in [0.1, 0.15) is 0 Å². The van der Waals surface area contributed by atoms with E-state index in [4.69, 9.17) is 0 Å². The number of nitrogens with zero attached hydrogens (tertiary/aromatic N) is 3. The van der Waals surface area contributed by atoms with Crippen LogP contribution in [0.4, 0.5) is 5.95 Å². The summed E-state index contributed by atoms with van der Waals surface area (Å²) >= 11 is 1.74. The van der Waals surface area contributed by atoms with Crippen molar-refractivity contribution in [2.75, 3.05) is 5.32 Å². The molecule has 0 saturated heterocycles. The molecule has 0 radical (unpaired) electrons. The maximum atomic E-state index is 4.34. The van der Waals surface area contributed by atoms with E-state index in [1.165, 1.54) is 17.7 Å². The van der Waals surface area contributed by atoms with E-state index in [1.807, 2.05) is 25.5 Å². The van der Waals surface area contributed by atoms with Gasteiger partial charge >= 0.3 is 0 Å². The van der Waals surface area contributed by atoms with E-state index in [-0.39, 0.29) is 0 Å². The monoisotopic (exact) mass is 234 g/mol. The van der Waals surface area contributed by atoms with Crippen molar-refractivity contribution < 1.29 is 0 Å². The van der Waals surface area contributed by atoms with Crippen LogP contribution in [0, 0.1) is 6.92 Å². The Morgan fingerprint density at radius 3 is 3.06 bits per heavy atom. The van der Waals surface area contributed by atoms with Gasteiger partial charge in [0, 0.05) is 29.5 Å². The van der Waals surface area contributed by atoms with Crippen LogP contribution in [0.2, 0.25) is 0 Å². The highest BCUT2D eigenvalue weighted by Gasteiger charge is 2.22. The van der Waals surface area contributed by atoms with Crippen molar-refractivity contribution >= 4 is 17.3 Å². The fourth-order valence-electron chi connectivity index (χ4n) is 1.63. The van der Waals surface area contributed by atoms with Gasteiger partial charge in [0.25, 0.3) is 0 Å². The molecule has 1 aliphatic rings. The lowest BCUT2D eigenvalue weighted by molar-refractivity contribution is 0.806. The largest absolute Gasteiger partial charge is 0.353 e. The summed E-state index contributed by atoms with van der Waals surface area (Å²) in [5.41, 5.74) is 0. The fourth-order valence-corrected chi connectivity index (χ4v) is 2.43. The van der Waals surface area contributed by atoms with Crippen molar-refractivity contribution in [1.29, 1.82) is 0 Å². The van der Waals surface area contributed by atoms with E-state index < -0.39 is 0 Å². The first-order valence-corrected chi connectivity index (χ1v) is 6.32. The molecule has 0 atom stereocenters. The molecule has 3 rings (SSSR count). The molecule has 2 aromatic rings. The molecule has 2 heterocycles. The highest BCUT2D eigenvalue weighted by molar-refractivity contribution is 7.11. The number of anilines is 1. The number of aryl methyl sites for hydroxylation is 1. The van der Waals surface area contributed by atoms with Gasteiger partial charge in [-0.3, -0.25) is 0 Å². The second-order valence-corrected chi connectivity index (χ2v) is 5.46. The van der Waals surface area contributed by atoms with E-state index in [0.29, 0.717) is 6.04 Å². The lowest BCUT2D eigenvalue weighted by Crippen LogP contribution is -2.09. The molecule has 1 saturated carbocycles. The molecule has 1 N–H and O–H groups in total. The number of hydrogen-bond acceptors (Lipinski definition) is 4. The summed E-state index contributed by atoms with van der Waals surface area (Å²) in [5, 5.41) is 4.55. The Morgan fingerprint density at radius 1 is 1.50 bits per heavy atom. The summed E-state index contributed by atoms with van der Waals surface area (Å²) in [6, 6.07) is 0.643. The summed E-state index contributed by atoms with van der Waals surface area (Å²) in [4.78, 5) is 9.87. The third-order valence-corrected chi connectivity index (χ3v) is 3.52. The van der Waals surface area contributed by atoms with E-state index >= 15 is 0 Å². The number of hydrogen-bond donors (Lipinski definition) is 1. The molecule has 0 aliphatic heterocycles. The van der Waals surface area contributed by atoms with Crippen LogP contribution < -0.4 is 5.32 Å². The minimum atomic E-state index is 0.643. The summed E-state index contributed by atoms with van der Waals surface area (Å²) in [5.74, 6) is 0.980. The van der Waals surface area contributed by atoms with E-state index in [9.17, 15) is 0 Å². The molecule has 16 heavy (non-hydrogen) atoms. The van der Waals surface area contributed by atoms with Crippen LogP contribution in [-0.4, -0.2) is 20.6 Å². The molecule has 5 heteroatoms. The summed E-state index contributed by atoms with van der Waals surface area (Å²) in [7, 11) is 0. The predicted octanol–water partition coefficient (Wildman–Crippen LogP) is 2.27.